The van der Waals surface area contributed by atoms with Gasteiger partial charge in [-0.1, -0.05) is 34.1 Å². The summed E-state index contributed by atoms with van der Waals surface area (Å²) in [6, 6.07) is 0. The van der Waals surface area contributed by atoms with Crippen molar-refractivity contribution in [3.63, 3.8) is 0 Å². The van der Waals surface area contributed by atoms with Gasteiger partial charge in [-0.05, 0) is 31.7 Å². The molecule has 0 rings (SSSR count). The van der Waals surface area contributed by atoms with Crippen LogP contribution in [0.1, 0.15) is 60.3 Å². The Morgan fingerprint density at radius 3 is 1.67 bits per heavy atom. The number of alkyl halides is 2. The zero-order chi connectivity index (χ0) is 12.5. The lowest BCUT2D eigenvalue weighted by Gasteiger charge is -2.22. The third-order valence-corrected chi connectivity index (χ3v) is 2.27. The van der Waals surface area contributed by atoms with E-state index in [1.165, 1.54) is 0 Å². The number of nitrogens with two attached hydrogens (primary N) is 1. The van der Waals surface area contributed by atoms with Crippen LogP contribution in [-0.2, 0) is 0 Å². The van der Waals surface area contributed by atoms with Crippen molar-refractivity contribution < 1.29 is 8.78 Å². The standard InChI is InChI=1S/C10H21F2N.C2H6/c1-9(2,8-13)6-4-5-7-10(3,11)12;1-2/h4-8,13H2,1-3H3;1-2H3. The third-order valence-electron chi connectivity index (χ3n) is 2.27. The van der Waals surface area contributed by atoms with E-state index in [4.69, 9.17) is 5.73 Å². The van der Waals surface area contributed by atoms with E-state index in [1.54, 1.807) is 0 Å². The normalized spacial score (nSPS) is 12.0. The number of unbranched alkanes of at least 4 members (excludes halogenated alkanes) is 1. The van der Waals surface area contributed by atoms with Crippen molar-refractivity contribution in [1.29, 1.82) is 0 Å². The van der Waals surface area contributed by atoms with Crippen LogP contribution in [0.5, 0.6) is 0 Å². The number of rotatable bonds is 6. The van der Waals surface area contributed by atoms with Gasteiger partial charge in [0.15, 0.2) is 0 Å². The predicted molar refractivity (Wildman–Crippen MR) is 63.3 cm³/mol. The highest BCUT2D eigenvalue weighted by Gasteiger charge is 2.21. The molecule has 0 spiro atoms. The van der Waals surface area contributed by atoms with Gasteiger partial charge in [0.1, 0.15) is 0 Å². The first-order valence-electron chi connectivity index (χ1n) is 5.85. The van der Waals surface area contributed by atoms with Gasteiger partial charge in [0.25, 0.3) is 0 Å². The quantitative estimate of drug-likeness (QED) is 0.670. The van der Waals surface area contributed by atoms with Gasteiger partial charge in [0.05, 0.1) is 0 Å². The average Bonchev–Trinajstić information content (AvgIpc) is 2.15. The molecule has 2 N–H and O–H groups in total. The molecule has 0 aliphatic rings. The summed E-state index contributed by atoms with van der Waals surface area (Å²) >= 11 is 0. The summed E-state index contributed by atoms with van der Waals surface area (Å²) in [6.45, 7) is 9.73. The fraction of sp³-hybridized carbons (Fsp3) is 1.00. The molecule has 0 radical (unpaired) electrons. The highest BCUT2D eigenvalue weighted by molar-refractivity contribution is 4.69. The largest absolute Gasteiger partial charge is 0.330 e. The Labute approximate surface area is 93.4 Å². The maximum absolute atomic E-state index is 12.4. The Balaban J connectivity index is 0. The van der Waals surface area contributed by atoms with Crippen LogP contribution in [0.25, 0.3) is 0 Å². The molecule has 94 valence electrons. The van der Waals surface area contributed by atoms with Crippen molar-refractivity contribution in [2.75, 3.05) is 6.54 Å². The summed E-state index contributed by atoms with van der Waals surface area (Å²) in [5.41, 5.74) is 5.63. The fourth-order valence-corrected chi connectivity index (χ4v) is 1.14. The van der Waals surface area contributed by atoms with Crippen LogP contribution in [0.15, 0.2) is 0 Å². The minimum absolute atomic E-state index is 0.00630. The Hall–Kier alpha value is -0.180. The van der Waals surface area contributed by atoms with E-state index in [0.717, 1.165) is 19.8 Å². The first-order chi connectivity index (χ1) is 6.77. The molecule has 0 bridgehead atoms. The predicted octanol–water partition coefficient (Wildman–Crippen LogP) is 4.21. The molecule has 0 saturated carbocycles. The van der Waals surface area contributed by atoms with Crippen LogP contribution in [0.2, 0.25) is 0 Å². The number of hydrogen-bond acceptors (Lipinski definition) is 1. The van der Waals surface area contributed by atoms with Crippen molar-refractivity contribution in [3.8, 4) is 0 Å². The van der Waals surface area contributed by atoms with Gasteiger partial charge in [-0.15, -0.1) is 0 Å². The Morgan fingerprint density at radius 2 is 1.33 bits per heavy atom. The van der Waals surface area contributed by atoms with Gasteiger partial charge in [0.2, 0.25) is 5.92 Å². The molecule has 0 unspecified atom stereocenters. The van der Waals surface area contributed by atoms with Gasteiger partial charge < -0.3 is 5.73 Å². The van der Waals surface area contributed by atoms with E-state index in [0.29, 0.717) is 13.0 Å². The highest BCUT2D eigenvalue weighted by atomic mass is 19.3. The minimum atomic E-state index is -2.51. The van der Waals surface area contributed by atoms with Crippen LogP contribution in [0.4, 0.5) is 8.78 Å². The molecule has 0 heterocycles. The molecular weight excluding hydrogens is 196 g/mol. The lowest BCUT2D eigenvalue weighted by molar-refractivity contribution is 0.00975. The molecule has 0 atom stereocenters. The highest BCUT2D eigenvalue weighted by Crippen LogP contribution is 2.25. The molecule has 0 aliphatic carbocycles. The van der Waals surface area contributed by atoms with Crippen molar-refractivity contribution in [1.82, 2.24) is 0 Å². The van der Waals surface area contributed by atoms with Gasteiger partial charge in [0, 0.05) is 6.42 Å². The van der Waals surface area contributed by atoms with Crippen LogP contribution < -0.4 is 5.73 Å². The Morgan fingerprint density at radius 1 is 0.933 bits per heavy atom. The van der Waals surface area contributed by atoms with E-state index in [-0.39, 0.29) is 11.8 Å². The van der Waals surface area contributed by atoms with Gasteiger partial charge >= 0.3 is 0 Å². The average molecular weight is 223 g/mol. The number of halogens is 2. The van der Waals surface area contributed by atoms with E-state index >= 15 is 0 Å². The van der Waals surface area contributed by atoms with Crippen LogP contribution >= 0.6 is 0 Å². The van der Waals surface area contributed by atoms with Crippen molar-refractivity contribution >= 4 is 0 Å². The molecule has 0 aromatic heterocycles. The lowest BCUT2D eigenvalue weighted by Crippen LogP contribution is -2.23. The molecule has 0 aromatic carbocycles. The summed E-state index contributed by atoms with van der Waals surface area (Å²) in [5, 5.41) is 0. The topological polar surface area (TPSA) is 26.0 Å². The minimum Gasteiger partial charge on any atom is -0.330 e. The van der Waals surface area contributed by atoms with Crippen LogP contribution in [0, 0.1) is 5.41 Å². The lowest BCUT2D eigenvalue weighted by atomic mass is 9.87. The molecule has 15 heavy (non-hydrogen) atoms. The second-order valence-electron chi connectivity index (χ2n) is 4.65. The van der Waals surface area contributed by atoms with Crippen molar-refractivity contribution in [3.05, 3.63) is 0 Å². The molecular formula is C12H27F2N. The maximum atomic E-state index is 12.4. The van der Waals surface area contributed by atoms with Crippen LogP contribution in [0.3, 0.4) is 0 Å². The first kappa shape index (κ1) is 17.2. The Bertz CT molecular complexity index is 139. The summed E-state index contributed by atoms with van der Waals surface area (Å²) in [4.78, 5) is 0. The maximum Gasteiger partial charge on any atom is 0.245 e. The van der Waals surface area contributed by atoms with Crippen molar-refractivity contribution in [2.45, 2.75) is 66.2 Å². The Kier molecular flexibility index (Phi) is 9.22. The monoisotopic (exact) mass is 223 g/mol. The van der Waals surface area contributed by atoms with Gasteiger partial charge in [-0.2, -0.15) is 0 Å². The molecule has 0 aromatic rings. The zero-order valence-electron chi connectivity index (χ0n) is 10.9. The molecule has 0 saturated heterocycles. The second-order valence-corrected chi connectivity index (χ2v) is 4.65. The first-order valence-corrected chi connectivity index (χ1v) is 5.85. The van der Waals surface area contributed by atoms with Crippen LogP contribution in [-0.4, -0.2) is 12.5 Å². The zero-order valence-corrected chi connectivity index (χ0v) is 10.9. The number of hydrogen-bond donors (Lipinski definition) is 1. The van der Waals surface area contributed by atoms with E-state index in [9.17, 15) is 8.78 Å². The van der Waals surface area contributed by atoms with E-state index in [1.807, 2.05) is 13.8 Å². The van der Waals surface area contributed by atoms with E-state index < -0.39 is 5.92 Å². The molecule has 0 aliphatic heterocycles. The summed E-state index contributed by atoms with van der Waals surface area (Å²) in [5.74, 6) is -2.51. The van der Waals surface area contributed by atoms with Crippen molar-refractivity contribution in [2.24, 2.45) is 11.1 Å². The fourth-order valence-electron chi connectivity index (χ4n) is 1.14. The smallest absolute Gasteiger partial charge is 0.245 e. The molecule has 1 nitrogen and oxygen atoms in total. The summed E-state index contributed by atoms with van der Waals surface area (Å²) in [7, 11) is 0. The summed E-state index contributed by atoms with van der Waals surface area (Å²) in [6.07, 6.45) is 2.35. The second kappa shape index (κ2) is 8.03. The molecule has 0 fully saturated rings. The summed E-state index contributed by atoms with van der Waals surface area (Å²) < 4.78 is 24.8. The SMILES string of the molecule is CC.CC(F)(F)CCCCC(C)(C)CN. The molecule has 0 amide bonds. The van der Waals surface area contributed by atoms with Gasteiger partial charge in [-0.25, -0.2) is 8.78 Å². The van der Waals surface area contributed by atoms with Gasteiger partial charge in [-0.3, -0.25) is 0 Å². The van der Waals surface area contributed by atoms with E-state index in [2.05, 4.69) is 13.8 Å². The third kappa shape index (κ3) is 13.8. The molecule has 3 heteroatoms.